The van der Waals surface area contributed by atoms with Crippen LogP contribution in [-0.2, 0) is 0 Å². The molecule has 2 unspecified atom stereocenters. The maximum Gasteiger partial charge on any atom is 0.460 e. The molecule has 158 valence electrons. The molecule has 0 saturated carbocycles. The van der Waals surface area contributed by atoms with Gasteiger partial charge in [0.1, 0.15) is 0 Å². The number of hydrogen-bond acceptors (Lipinski definition) is 2. The molecule has 0 spiro atoms. The fraction of sp³-hybridized carbons (Fsp3) is 1.00. The number of hydrogen-bond donors (Lipinski definition) is 2. The number of aliphatic hydroxyl groups is 2. The van der Waals surface area contributed by atoms with Crippen molar-refractivity contribution in [1.82, 2.24) is 0 Å². The number of alkyl halides is 16. The quantitative estimate of drug-likeness (QED) is 0.644. The molecular formula is C8H2F16O2. The van der Waals surface area contributed by atoms with Crippen LogP contribution < -0.4 is 0 Å². The zero-order valence-electron chi connectivity index (χ0n) is 10.9. The summed E-state index contributed by atoms with van der Waals surface area (Å²) in [5.74, 6) is -48.5. The van der Waals surface area contributed by atoms with Gasteiger partial charge in [0.25, 0.3) is 0 Å². The zero-order chi connectivity index (χ0) is 22.0. The van der Waals surface area contributed by atoms with E-state index in [1.54, 1.807) is 0 Å². The summed E-state index contributed by atoms with van der Waals surface area (Å²) in [4.78, 5) is 0. The summed E-state index contributed by atoms with van der Waals surface area (Å²) in [6.45, 7) is 0. The minimum Gasteiger partial charge on any atom is -0.352 e. The van der Waals surface area contributed by atoms with Crippen molar-refractivity contribution in [2.45, 2.75) is 47.8 Å². The van der Waals surface area contributed by atoms with Gasteiger partial charge in [-0.05, 0) is 0 Å². The molecule has 0 fully saturated rings. The van der Waals surface area contributed by atoms with Crippen molar-refractivity contribution in [1.29, 1.82) is 0 Å². The minimum absolute atomic E-state index is 7.67. The van der Waals surface area contributed by atoms with Crippen LogP contribution in [0.15, 0.2) is 0 Å². The van der Waals surface area contributed by atoms with Gasteiger partial charge < -0.3 is 10.2 Å². The Morgan fingerprint density at radius 1 is 0.308 bits per heavy atom. The van der Waals surface area contributed by atoms with Crippen molar-refractivity contribution in [2.24, 2.45) is 0 Å². The van der Waals surface area contributed by atoms with Crippen LogP contribution in [0.3, 0.4) is 0 Å². The molecule has 0 saturated heterocycles. The highest BCUT2D eigenvalue weighted by atomic mass is 19.4. The van der Waals surface area contributed by atoms with Crippen LogP contribution in [-0.4, -0.2) is 58.0 Å². The molecule has 2 nitrogen and oxygen atoms in total. The molecule has 0 rings (SSSR count). The molecular weight excluding hydrogens is 432 g/mol. The average Bonchev–Trinajstić information content (AvgIpc) is 2.34. The zero-order valence-corrected chi connectivity index (χ0v) is 10.9. The monoisotopic (exact) mass is 434 g/mol. The van der Waals surface area contributed by atoms with Crippen molar-refractivity contribution in [2.75, 3.05) is 0 Å². The lowest BCUT2D eigenvalue weighted by Crippen LogP contribution is -2.77. The van der Waals surface area contributed by atoms with Crippen LogP contribution in [0, 0.1) is 0 Å². The molecule has 0 aliphatic carbocycles. The number of rotatable bonds is 5. The predicted molar refractivity (Wildman–Crippen MR) is 44.0 cm³/mol. The number of halogens is 16. The molecule has 18 heteroatoms. The van der Waals surface area contributed by atoms with E-state index in [2.05, 4.69) is 0 Å². The van der Waals surface area contributed by atoms with E-state index in [1.165, 1.54) is 0 Å². The van der Waals surface area contributed by atoms with Gasteiger partial charge in [-0.15, -0.1) is 0 Å². The van der Waals surface area contributed by atoms with Crippen molar-refractivity contribution >= 4 is 0 Å². The lowest BCUT2D eigenvalue weighted by atomic mass is 9.88. The first-order valence-electron chi connectivity index (χ1n) is 5.22. The first-order valence-corrected chi connectivity index (χ1v) is 5.22. The van der Waals surface area contributed by atoms with Gasteiger partial charge in [0.05, 0.1) is 0 Å². The van der Waals surface area contributed by atoms with Gasteiger partial charge in [0.2, 0.25) is 0 Å². The summed E-state index contributed by atoms with van der Waals surface area (Å²) < 4.78 is 198. The smallest absolute Gasteiger partial charge is 0.352 e. The Kier molecular flexibility index (Phi) is 5.39. The van der Waals surface area contributed by atoms with Crippen LogP contribution >= 0.6 is 0 Å². The molecule has 0 heterocycles. The molecule has 0 bridgehead atoms. The fourth-order valence-corrected chi connectivity index (χ4v) is 1.19. The summed E-state index contributed by atoms with van der Waals surface area (Å²) in [5, 5.41) is 16.1. The van der Waals surface area contributed by atoms with Gasteiger partial charge >= 0.3 is 47.8 Å². The summed E-state index contributed by atoms with van der Waals surface area (Å²) in [5.41, 5.74) is 0. The van der Waals surface area contributed by atoms with Crippen molar-refractivity contribution in [3.05, 3.63) is 0 Å². The molecule has 0 radical (unpaired) electrons. The first kappa shape index (κ1) is 24.8. The molecule has 2 atom stereocenters. The second-order valence-corrected chi connectivity index (χ2v) is 4.54. The van der Waals surface area contributed by atoms with E-state index in [4.69, 9.17) is 10.2 Å². The Morgan fingerprint density at radius 2 is 0.462 bits per heavy atom. The van der Waals surface area contributed by atoms with Crippen molar-refractivity contribution < 1.29 is 80.5 Å². The summed E-state index contributed by atoms with van der Waals surface area (Å²) in [6, 6.07) is 0. The molecule has 0 aliphatic heterocycles. The standard InChI is InChI=1S/C8H2F16O2/c9-1(10,3(13,14)7(19,20)21)5(17,25)6(18,26)2(11,12)4(15,16)8(22,23)24/h25-26H. The van der Waals surface area contributed by atoms with Crippen molar-refractivity contribution in [3.63, 3.8) is 0 Å². The van der Waals surface area contributed by atoms with Crippen LogP contribution in [0.5, 0.6) is 0 Å². The molecule has 0 aliphatic rings. The molecule has 2 N–H and O–H groups in total. The SMILES string of the molecule is OC(F)(C(O)(F)C(F)(F)C(F)(F)C(F)(F)F)C(F)(F)C(F)(F)C(F)(F)F. The fourth-order valence-electron chi connectivity index (χ4n) is 1.19. The maximum atomic E-state index is 13.1. The summed E-state index contributed by atoms with van der Waals surface area (Å²) in [6.07, 6.45) is -15.3. The maximum absolute atomic E-state index is 13.1. The van der Waals surface area contributed by atoms with E-state index < -0.39 is 47.8 Å². The largest absolute Gasteiger partial charge is 0.460 e. The molecule has 0 aromatic rings. The molecule has 0 amide bonds. The third kappa shape index (κ3) is 2.84. The Bertz CT molecular complexity index is 477. The van der Waals surface area contributed by atoms with E-state index in [1.807, 2.05) is 0 Å². The third-order valence-corrected chi connectivity index (χ3v) is 2.77. The van der Waals surface area contributed by atoms with Crippen LogP contribution in [0.4, 0.5) is 70.2 Å². The van der Waals surface area contributed by atoms with Gasteiger partial charge in [-0.1, -0.05) is 0 Å². The van der Waals surface area contributed by atoms with Gasteiger partial charge in [-0.2, -0.15) is 70.2 Å². The molecule has 26 heavy (non-hydrogen) atoms. The van der Waals surface area contributed by atoms with E-state index in [0.717, 1.165) is 0 Å². The second-order valence-electron chi connectivity index (χ2n) is 4.54. The molecule has 0 aromatic carbocycles. The normalized spacial score (nSPS) is 20.5. The van der Waals surface area contributed by atoms with Crippen molar-refractivity contribution in [3.8, 4) is 0 Å². The van der Waals surface area contributed by atoms with E-state index in [0.29, 0.717) is 0 Å². The second kappa shape index (κ2) is 5.65. The van der Waals surface area contributed by atoms with Crippen LogP contribution in [0.1, 0.15) is 0 Å². The van der Waals surface area contributed by atoms with E-state index in [9.17, 15) is 70.2 Å². The van der Waals surface area contributed by atoms with Crippen LogP contribution in [0.2, 0.25) is 0 Å². The highest BCUT2D eigenvalue weighted by molar-refractivity contribution is 5.13. The Morgan fingerprint density at radius 3 is 0.577 bits per heavy atom. The van der Waals surface area contributed by atoms with Gasteiger partial charge in [-0.3, -0.25) is 0 Å². The Labute approximate surface area is 130 Å². The minimum atomic E-state index is -8.22. The predicted octanol–water partition coefficient (Wildman–Crippen LogP) is 3.97. The lowest BCUT2D eigenvalue weighted by Gasteiger charge is -2.44. The Balaban J connectivity index is 6.61. The highest BCUT2D eigenvalue weighted by Crippen LogP contribution is 2.61. The topological polar surface area (TPSA) is 40.5 Å². The lowest BCUT2D eigenvalue weighted by molar-refractivity contribution is -0.496. The summed E-state index contributed by atoms with van der Waals surface area (Å²) in [7, 11) is 0. The van der Waals surface area contributed by atoms with Gasteiger partial charge in [-0.25, -0.2) is 0 Å². The average molecular weight is 434 g/mol. The van der Waals surface area contributed by atoms with Gasteiger partial charge in [0, 0.05) is 0 Å². The van der Waals surface area contributed by atoms with Crippen LogP contribution in [0.25, 0.3) is 0 Å². The van der Waals surface area contributed by atoms with Gasteiger partial charge in [0.15, 0.2) is 0 Å². The summed E-state index contributed by atoms with van der Waals surface area (Å²) >= 11 is 0. The van der Waals surface area contributed by atoms with E-state index >= 15 is 0 Å². The molecule has 0 aromatic heterocycles. The van der Waals surface area contributed by atoms with E-state index in [-0.39, 0.29) is 0 Å². The Hall–Kier alpha value is -1.20. The highest BCUT2D eigenvalue weighted by Gasteiger charge is 2.93. The third-order valence-electron chi connectivity index (χ3n) is 2.77. The first-order chi connectivity index (χ1) is 10.8.